The van der Waals surface area contributed by atoms with Gasteiger partial charge in [0.2, 0.25) is 0 Å². The monoisotopic (exact) mass is 285 g/mol. The second-order valence-corrected chi connectivity index (χ2v) is 4.91. The molecule has 0 radical (unpaired) electrons. The summed E-state index contributed by atoms with van der Waals surface area (Å²) >= 11 is 0. The summed E-state index contributed by atoms with van der Waals surface area (Å²) in [5.41, 5.74) is 1.72. The molecule has 108 valence electrons. The van der Waals surface area contributed by atoms with Gasteiger partial charge in [0.1, 0.15) is 24.7 Å². The van der Waals surface area contributed by atoms with Gasteiger partial charge in [-0.3, -0.25) is 4.79 Å². The molecule has 0 saturated heterocycles. The van der Waals surface area contributed by atoms with Gasteiger partial charge in [0.05, 0.1) is 6.04 Å². The van der Waals surface area contributed by atoms with Gasteiger partial charge in [-0.2, -0.15) is 0 Å². The highest BCUT2D eigenvalue weighted by atomic mass is 16.5. The summed E-state index contributed by atoms with van der Waals surface area (Å²) in [6, 6.07) is 14.1. The number of hydrogen-bond acceptors (Lipinski definition) is 4. The highest BCUT2D eigenvalue weighted by Gasteiger charge is 2.31. The molecule has 1 unspecified atom stereocenters. The van der Waals surface area contributed by atoms with Crippen molar-refractivity contribution in [1.29, 1.82) is 0 Å². The largest absolute Gasteiger partial charge is 0.508 e. The first-order valence-electron chi connectivity index (χ1n) is 6.64. The van der Waals surface area contributed by atoms with Gasteiger partial charge >= 0.3 is 5.97 Å². The van der Waals surface area contributed by atoms with E-state index >= 15 is 0 Å². The Bertz CT molecular complexity index is 657. The Labute approximate surface area is 122 Å². The van der Waals surface area contributed by atoms with Gasteiger partial charge in [0.15, 0.2) is 0 Å². The first kappa shape index (κ1) is 13.3. The van der Waals surface area contributed by atoms with Crippen molar-refractivity contribution >= 4 is 11.7 Å². The Hall–Kier alpha value is -2.69. The van der Waals surface area contributed by atoms with Crippen molar-refractivity contribution in [1.82, 2.24) is 0 Å². The average molecular weight is 285 g/mol. The Kier molecular flexibility index (Phi) is 3.39. The van der Waals surface area contributed by atoms with Crippen LogP contribution < -0.4 is 9.64 Å². The van der Waals surface area contributed by atoms with Gasteiger partial charge in [-0.25, -0.2) is 0 Å². The van der Waals surface area contributed by atoms with Gasteiger partial charge < -0.3 is 19.8 Å². The summed E-state index contributed by atoms with van der Waals surface area (Å²) in [6.45, 7) is 0.249. The number of phenolic OH excluding ortho intramolecular Hbond substituents is 1. The van der Waals surface area contributed by atoms with Crippen molar-refractivity contribution in [2.45, 2.75) is 6.04 Å². The number of hydrogen-bond donors (Lipinski definition) is 2. The van der Waals surface area contributed by atoms with Gasteiger partial charge in [0.25, 0.3) is 0 Å². The molecule has 1 aliphatic rings. The van der Waals surface area contributed by atoms with Crippen molar-refractivity contribution in [3.63, 3.8) is 0 Å². The molecule has 0 spiro atoms. The van der Waals surface area contributed by atoms with Crippen LogP contribution in [0.4, 0.5) is 5.69 Å². The van der Waals surface area contributed by atoms with Crippen molar-refractivity contribution in [3.05, 3.63) is 54.1 Å². The summed E-state index contributed by atoms with van der Waals surface area (Å²) in [6.07, 6.45) is 0. The van der Waals surface area contributed by atoms with Crippen molar-refractivity contribution in [3.8, 4) is 11.5 Å². The summed E-state index contributed by atoms with van der Waals surface area (Å²) in [7, 11) is 0. The molecule has 1 heterocycles. The van der Waals surface area contributed by atoms with Gasteiger partial charge in [-0.05, 0) is 24.3 Å². The van der Waals surface area contributed by atoms with E-state index in [9.17, 15) is 15.0 Å². The summed E-state index contributed by atoms with van der Waals surface area (Å²) in [5, 5.41) is 18.7. The third-order valence-corrected chi connectivity index (χ3v) is 3.52. The molecule has 0 aliphatic carbocycles. The van der Waals surface area contributed by atoms with Gasteiger partial charge in [0, 0.05) is 17.3 Å². The number of rotatable bonds is 4. The number of phenols is 1. The molecular weight excluding hydrogens is 270 g/mol. The normalized spacial score (nSPS) is 16.1. The van der Waals surface area contributed by atoms with Gasteiger partial charge in [-0.15, -0.1) is 0 Å². The van der Waals surface area contributed by atoms with E-state index in [1.165, 1.54) is 0 Å². The summed E-state index contributed by atoms with van der Waals surface area (Å²) in [4.78, 5) is 13.0. The lowest BCUT2D eigenvalue weighted by atomic mass is 10.1. The molecule has 0 fully saturated rings. The van der Waals surface area contributed by atoms with Crippen LogP contribution in [0.15, 0.2) is 48.5 Å². The van der Waals surface area contributed by atoms with E-state index in [2.05, 4.69) is 0 Å². The molecule has 1 atom stereocenters. The number of carboxylic acids is 1. The second-order valence-electron chi connectivity index (χ2n) is 4.91. The number of fused-ring (bicyclic) bond motifs is 1. The first-order chi connectivity index (χ1) is 10.1. The molecule has 3 rings (SSSR count). The van der Waals surface area contributed by atoms with Crippen LogP contribution in [0.3, 0.4) is 0 Å². The lowest BCUT2D eigenvalue weighted by Gasteiger charge is -2.28. The lowest BCUT2D eigenvalue weighted by molar-refractivity contribution is -0.135. The van der Waals surface area contributed by atoms with Crippen LogP contribution in [0, 0.1) is 0 Å². The predicted molar refractivity (Wildman–Crippen MR) is 77.8 cm³/mol. The molecule has 0 bridgehead atoms. The second kappa shape index (κ2) is 5.36. The molecular formula is C16H15NO4. The van der Waals surface area contributed by atoms with Crippen molar-refractivity contribution in [2.75, 3.05) is 18.1 Å². The molecule has 2 aromatic rings. The van der Waals surface area contributed by atoms with E-state index in [0.29, 0.717) is 12.4 Å². The highest BCUT2D eigenvalue weighted by Crippen LogP contribution is 2.39. The molecule has 2 N–H and O–H groups in total. The SMILES string of the molecule is O=C(O)CN(c1ccccc1)C1COc2cc(O)ccc21. The number of carbonyl (C=O) groups is 1. The molecule has 5 nitrogen and oxygen atoms in total. The van der Waals surface area contributed by atoms with Crippen LogP contribution in [-0.2, 0) is 4.79 Å². The maximum Gasteiger partial charge on any atom is 0.323 e. The molecule has 1 aliphatic heterocycles. The number of benzene rings is 2. The fourth-order valence-electron chi connectivity index (χ4n) is 2.59. The van der Waals surface area contributed by atoms with E-state index < -0.39 is 5.97 Å². The first-order valence-corrected chi connectivity index (χ1v) is 6.64. The quantitative estimate of drug-likeness (QED) is 0.902. The fraction of sp³-hybridized carbons (Fsp3) is 0.188. The van der Waals surface area contributed by atoms with Crippen LogP contribution in [0.1, 0.15) is 11.6 Å². The Morgan fingerprint density at radius 3 is 2.71 bits per heavy atom. The number of aliphatic carboxylic acids is 1. The summed E-state index contributed by atoms with van der Waals surface area (Å²) < 4.78 is 5.58. The van der Waals surface area contributed by atoms with Crippen LogP contribution in [0.2, 0.25) is 0 Å². The maximum atomic E-state index is 11.2. The Morgan fingerprint density at radius 2 is 2.00 bits per heavy atom. The average Bonchev–Trinajstić information content (AvgIpc) is 2.88. The molecule has 21 heavy (non-hydrogen) atoms. The van der Waals surface area contributed by atoms with E-state index in [0.717, 1.165) is 11.3 Å². The van der Waals surface area contributed by atoms with E-state index in [-0.39, 0.29) is 18.3 Å². The van der Waals surface area contributed by atoms with Crippen LogP contribution in [-0.4, -0.2) is 29.3 Å². The number of carboxylic acid groups (broad SMARTS) is 1. The third-order valence-electron chi connectivity index (χ3n) is 3.52. The maximum absolute atomic E-state index is 11.2. The summed E-state index contributed by atoms with van der Waals surface area (Å²) in [5.74, 6) is -0.156. The minimum absolute atomic E-state index is 0.113. The van der Waals surface area contributed by atoms with Crippen molar-refractivity contribution in [2.24, 2.45) is 0 Å². The smallest absolute Gasteiger partial charge is 0.323 e. The Balaban J connectivity index is 1.98. The third kappa shape index (κ3) is 2.63. The Morgan fingerprint density at radius 1 is 1.24 bits per heavy atom. The number of ether oxygens (including phenoxy) is 1. The fourth-order valence-corrected chi connectivity index (χ4v) is 2.59. The lowest BCUT2D eigenvalue weighted by Crippen LogP contribution is -2.34. The standard InChI is InChI=1S/C16H15NO4/c18-12-6-7-13-14(10-21-15(13)8-12)17(9-16(19)20)11-4-2-1-3-5-11/h1-8,14,18H,9-10H2,(H,19,20). The zero-order valence-corrected chi connectivity index (χ0v) is 11.3. The van der Waals surface area contributed by atoms with Crippen LogP contribution in [0.25, 0.3) is 0 Å². The zero-order valence-electron chi connectivity index (χ0n) is 11.3. The van der Waals surface area contributed by atoms with Crippen LogP contribution in [0.5, 0.6) is 11.5 Å². The van der Waals surface area contributed by atoms with E-state index in [4.69, 9.17) is 4.74 Å². The predicted octanol–water partition coefficient (Wildman–Crippen LogP) is 2.42. The van der Waals surface area contributed by atoms with E-state index in [1.807, 2.05) is 30.3 Å². The minimum Gasteiger partial charge on any atom is -0.508 e. The minimum atomic E-state index is -0.897. The van der Waals surface area contributed by atoms with E-state index in [1.54, 1.807) is 23.1 Å². The number of para-hydroxylation sites is 1. The molecule has 0 amide bonds. The molecule has 2 aromatic carbocycles. The molecule has 0 aromatic heterocycles. The topological polar surface area (TPSA) is 70.0 Å². The van der Waals surface area contributed by atoms with Gasteiger partial charge in [-0.1, -0.05) is 18.2 Å². The highest BCUT2D eigenvalue weighted by molar-refractivity contribution is 5.74. The zero-order chi connectivity index (χ0) is 14.8. The number of nitrogens with zero attached hydrogens (tertiary/aromatic N) is 1. The van der Waals surface area contributed by atoms with Crippen LogP contribution >= 0.6 is 0 Å². The molecule has 5 heteroatoms. The number of aromatic hydroxyl groups is 1. The number of anilines is 1. The molecule has 0 saturated carbocycles. The van der Waals surface area contributed by atoms with Crippen molar-refractivity contribution < 1.29 is 19.7 Å².